The number of aromatic hydroxyl groups is 1. The van der Waals surface area contributed by atoms with Gasteiger partial charge in [-0.1, -0.05) is 66.7 Å². The van der Waals surface area contributed by atoms with Gasteiger partial charge in [-0.3, -0.25) is 4.79 Å². The van der Waals surface area contributed by atoms with Gasteiger partial charge in [-0.05, 0) is 42.2 Å². The van der Waals surface area contributed by atoms with Gasteiger partial charge in [0.25, 0.3) is 0 Å². The lowest BCUT2D eigenvalue weighted by atomic mass is 9.98. The molecule has 5 rings (SSSR count). The number of hydrogen-bond donors (Lipinski definition) is 2. The zero-order valence-electron chi connectivity index (χ0n) is 19.7. The minimum Gasteiger partial charge on any atom is -0.507 e. The third kappa shape index (κ3) is 4.23. The lowest BCUT2D eigenvalue weighted by Gasteiger charge is -2.29. The Hall–Kier alpha value is -3.84. The fraction of sp³-hybridized carbons (Fsp3) is 0.286. The zero-order chi connectivity index (χ0) is 24.5. The van der Waals surface area contributed by atoms with Gasteiger partial charge in [0.05, 0.1) is 12.6 Å². The molecule has 1 saturated heterocycles. The maximum Gasteiger partial charge on any atom is 0.407 e. The van der Waals surface area contributed by atoms with E-state index in [2.05, 4.69) is 29.6 Å². The first kappa shape index (κ1) is 22.9. The largest absolute Gasteiger partial charge is 0.507 e. The molecular formula is C28H28N2O5. The number of nitrogens with zero attached hydrogens (tertiary/aromatic N) is 1. The summed E-state index contributed by atoms with van der Waals surface area (Å²) >= 11 is 0. The van der Waals surface area contributed by atoms with Crippen molar-refractivity contribution < 1.29 is 24.2 Å². The Balaban J connectivity index is 1.24. The Morgan fingerprint density at radius 3 is 2.20 bits per heavy atom. The van der Waals surface area contributed by atoms with E-state index in [1.54, 1.807) is 36.1 Å². The van der Waals surface area contributed by atoms with Gasteiger partial charge in [0.1, 0.15) is 18.4 Å². The topological polar surface area (TPSA) is 88.1 Å². The normalized spacial score (nSPS) is 19.7. The van der Waals surface area contributed by atoms with Gasteiger partial charge in [0.15, 0.2) is 6.23 Å². The van der Waals surface area contributed by atoms with Crippen LogP contribution in [0.15, 0.2) is 72.8 Å². The summed E-state index contributed by atoms with van der Waals surface area (Å²) in [4.78, 5) is 27.5. The summed E-state index contributed by atoms with van der Waals surface area (Å²) in [6.07, 6.45) is -1.37. The molecule has 35 heavy (non-hydrogen) atoms. The molecule has 0 aromatic heterocycles. The number of nitrogens with one attached hydrogen (secondary N) is 1. The number of carbonyl (C=O) groups excluding carboxylic acids is 2. The molecule has 3 aromatic carbocycles. The first-order valence-corrected chi connectivity index (χ1v) is 11.8. The van der Waals surface area contributed by atoms with Crippen molar-refractivity contribution in [2.75, 3.05) is 13.2 Å². The van der Waals surface area contributed by atoms with Crippen molar-refractivity contribution in [2.45, 2.75) is 38.1 Å². The second kappa shape index (κ2) is 9.43. The molecular weight excluding hydrogens is 444 g/mol. The van der Waals surface area contributed by atoms with E-state index in [0.29, 0.717) is 12.2 Å². The second-order valence-corrected chi connectivity index (χ2v) is 9.03. The van der Waals surface area contributed by atoms with Crippen molar-refractivity contribution in [3.63, 3.8) is 0 Å². The number of carbonyl (C=O) groups is 2. The minimum absolute atomic E-state index is 0.0570. The van der Waals surface area contributed by atoms with Crippen molar-refractivity contribution in [1.82, 2.24) is 10.2 Å². The number of fused-ring (bicyclic) bond motifs is 3. The van der Waals surface area contributed by atoms with Crippen LogP contribution >= 0.6 is 0 Å². The summed E-state index contributed by atoms with van der Waals surface area (Å²) in [5.74, 6) is -0.310. The van der Waals surface area contributed by atoms with E-state index in [9.17, 15) is 14.7 Å². The predicted octanol–water partition coefficient (Wildman–Crippen LogP) is 4.57. The molecule has 180 valence electrons. The highest BCUT2D eigenvalue weighted by Crippen LogP contribution is 2.44. The fourth-order valence-electron chi connectivity index (χ4n) is 4.99. The van der Waals surface area contributed by atoms with E-state index in [0.717, 1.165) is 22.3 Å². The molecule has 1 heterocycles. The van der Waals surface area contributed by atoms with Crippen LogP contribution in [-0.2, 0) is 14.3 Å². The number of phenolic OH excluding ortho intramolecular Hbond substituents is 1. The lowest BCUT2D eigenvalue weighted by molar-refractivity contribution is -0.139. The Bertz CT molecular complexity index is 1210. The number of phenols is 1. The maximum absolute atomic E-state index is 13.3. The molecule has 0 bridgehead atoms. The predicted molar refractivity (Wildman–Crippen MR) is 131 cm³/mol. The van der Waals surface area contributed by atoms with Crippen LogP contribution in [0.2, 0.25) is 0 Å². The minimum atomic E-state index is -0.830. The van der Waals surface area contributed by atoms with Crippen LogP contribution in [0.1, 0.15) is 42.7 Å². The third-order valence-corrected chi connectivity index (χ3v) is 6.73. The van der Waals surface area contributed by atoms with Gasteiger partial charge in [-0.2, -0.15) is 0 Å². The Kier molecular flexibility index (Phi) is 6.17. The molecule has 7 heteroatoms. The molecule has 1 aliphatic carbocycles. The summed E-state index contributed by atoms with van der Waals surface area (Å²) < 4.78 is 11.4. The van der Waals surface area contributed by atoms with Crippen LogP contribution in [0.25, 0.3) is 11.1 Å². The highest BCUT2D eigenvalue weighted by Gasteiger charge is 2.40. The third-order valence-electron chi connectivity index (χ3n) is 6.73. The number of alkyl carbamates (subject to hydrolysis) is 1. The van der Waals surface area contributed by atoms with E-state index < -0.39 is 18.4 Å². The summed E-state index contributed by atoms with van der Waals surface area (Å²) in [6.45, 7) is 4.00. The highest BCUT2D eigenvalue weighted by molar-refractivity contribution is 5.86. The van der Waals surface area contributed by atoms with Gasteiger partial charge in [0, 0.05) is 11.5 Å². The summed E-state index contributed by atoms with van der Waals surface area (Å²) in [6, 6.07) is 22.0. The second-order valence-electron chi connectivity index (χ2n) is 9.03. The molecule has 2 N–H and O–H groups in total. The molecule has 1 unspecified atom stereocenters. The Morgan fingerprint density at radius 1 is 1.00 bits per heavy atom. The SMILES string of the molecule is C[C@H](NC(=O)OCC1c2ccccc2-c2ccccc21)C(=O)N1C(c2ccccc2O)OC[C@@H]1C. The summed E-state index contributed by atoms with van der Waals surface area (Å²) in [5.41, 5.74) is 5.06. The van der Waals surface area contributed by atoms with Crippen LogP contribution in [0, 0.1) is 0 Å². The zero-order valence-corrected chi connectivity index (χ0v) is 19.7. The average molecular weight is 473 g/mol. The first-order valence-electron chi connectivity index (χ1n) is 11.8. The maximum atomic E-state index is 13.3. The van der Waals surface area contributed by atoms with Gasteiger partial charge < -0.3 is 24.8 Å². The van der Waals surface area contributed by atoms with Crippen LogP contribution < -0.4 is 5.32 Å². The molecule has 0 spiro atoms. The molecule has 1 fully saturated rings. The van der Waals surface area contributed by atoms with Crippen LogP contribution in [0.5, 0.6) is 5.75 Å². The molecule has 0 saturated carbocycles. The number of amides is 2. The van der Waals surface area contributed by atoms with Crippen LogP contribution in [-0.4, -0.2) is 47.3 Å². The Labute approximate surface area is 204 Å². The van der Waals surface area contributed by atoms with Crippen molar-refractivity contribution in [2.24, 2.45) is 0 Å². The van der Waals surface area contributed by atoms with E-state index in [-0.39, 0.29) is 30.2 Å². The standard InChI is InChI=1S/C28H28N2O5/c1-17-15-34-27(23-13-7-8-14-25(23)31)30(17)26(32)18(2)29-28(33)35-16-24-21-11-5-3-9-19(21)20-10-4-6-12-22(20)24/h3-14,17-18,24,27,31H,15-16H2,1-2H3,(H,29,33)/t17-,18-,27?/m0/s1. The van der Waals surface area contributed by atoms with E-state index in [4.69, 9.17) is 9.47 Å². The average Bonchev–Trinajstić information content (AvgIpc) is 3.40. The molecule has 0 radical (unpaired) electrons. The number of hydrogen-bond acceptors (Lipinski definition) is 5. The number of benzene rings is 3. The van der Waals surface area contributed by atoms with E-state index >= 15 is 0 Å². The lowest BCUT2D eigenvalue weighted by Crippen LogP contribution is -2.49. The first-order chi connectivity index (χ1) is 17.0. The van der Waals surface area contributed by atoms with Crippen molar-refractivity contribution in [3.8, 4) is 16.9 Å². The number of ether oxygens (including phenoxy) is 2. The van der Waals surface area contributed by atoms with Crippen molar-refractivity contribution in [1.29, 1.82) is 0 Å². The monoisotopic (exact) mass is 472 g/mol. The smallest absolute Gasteiger partial charge is 0.407 e. The van der Waals surface area contributed by atoms with Gasteiger partial charge in [-0.15, -0.1) is 0 Å². The van der Waals surface area contributed by atoms with Gasteiger partial charge >= 0.3 is 6.09 Å². The highest BCUT2D eigenvalue weighted by atomic mass is 16.5. The molecule has 3 aromatic rings. The Morgan fingerprint density at radius 2 is 1.57 bits per heavy atom. The van der Waals surface area contributed by atoms with Crippen LogP contribution in [0.4, 0.5) is 4.79 Å². The van der Waals surface area contributed by atoms with Crippen LogP contribution in [0.3, 0.4) is 0 Å². The molecule has 7 nitrogen and oxygen atoms in total. The van der Waals surface area contributed by atoms with Crippen molar-refractivity contribution >= 4 is 12.0 Å². The molecule has 2 amide bonds. The van der Waals surface area contributed by atoms with Gasteiger partial charge in [-0.25, -0.2) is 4.79 Å². The fourth-order valence-corrected chi connectivity index (χ4v) is 4.99. The van der Waals surface area contributed by atoms with Crippen molar-refractivity contribution in [3.05, 3.63) is 89.5 Å². The molecule has 3 atom stereocenters. The number of rotatable bonds is 5. The summed E-state index contributed by atoms with van der Waals surface area (Å²) in [7, 11) is 0. The summed E-state index contributed by atoms with van der Waals surface area (Å²) in [5, 5.41) is 12.9. The molecule has 1 aliphatic heterocycles. The quantitative estimate of drug-likeness (QED) is 0.568. The number of para-hydroxylation sites is 1. The van der Waals surface area contributed by atoms with E-state index in [1.165, 1.54) is 0 Å². The van der Waals surface area contributed by atoms with Gasteiger partial charge in [0.2, 0.25) is 5.91 Å². The van der Waals surface area contributed by atoms with E-state index in [1.807, 2.05) is 31.2 Å². The molecule has 2 aliphatic rings.